The van der Waals surface area contributed by atoms with E-state index in [1.165, 1.54) is 14.0 Å². The molecule has 1 fully saturated rings. The monoisotopic (exact) mass is 350 g/mol. The highest BCUT2D eigenvalue weighted by molar-refractivity contribution is 5.97. The fourth-order valence-electron chi connectivity index (χ4n) is 1.98. The summed E-state index contributed by atoms with van der Waals surface area (Å²) in [5.41, 5.74) is 0.988. The lowest BCUT2D eigenvalue weighted by Crippen LogP contribution is -2.45. The van der Waals surface area contributed by atoms with Gasteiger partial charge in [-0.1, -0.05) is 6.07 Å². The van der Waals surface area contributed by atoms with E-state index in [0.717, 1.165) is 18.4 Å². The first-order chi connectivity index (χ1) is 11.9. The minimum Gasteiger partial charge on any atom is -0.493 e. The normalized spacial score (nSPS) is 14.2. The molecule has 8 heteroatoms. The predicted molar refractivity (Wildman–Crippen MR) is 88.5 cm³/mol. The maximum absolute atomic E-state index is 11.8. The predicted octanol–water partition coefficient (Wildman–Crippen LogP) is 1.30. The standard InChI is InChI=1S/C17H22N2O6/c1-10-4-7-13(14(8-10)23-3)24-9-15(20)25-11(2)16(21)19-17(22)18-12-5-6-12/h4,7-8,11-12H,5-6,9H2,1-3H3,(H2,18,19,21,22). The van der Waals surface area contributed by atoms with Crippen LogP contribution in [-0.4, -0.2) is 43.8 Å². The van der Waals surface area contributed by atoms with Gasteiger partial charge in [0.05, 0.1) is 7.11 Å². The molecule has 0 bridgehead atoms. The molecule has 1 saturated carbocycles. The Bertz CT molecular complexity index is 657. The molecule has 0 heterocycles. The van der Waals surface area contributed by atoms with E-state index in [1.807, 2.05) is 13.0 Å². The minimum atomic E-state index is -1.11. The van der Waals surface area contributed by atoms with Gasteiger partial charge in [-0.15, -0.1) is 0 Å². The molecule has 1 aliphatic rings. The van der Waals surface area contributed by atoms with Gasteiger partial charge < -0.3 is 19.5 Å². The summed E-state index contributed by atoms with van der Waals surface area (Å²) >= 11 is 0. The summed E-state index contributed by atoms with van der Waals surface area (Å²) in [5, 5.41) is 4.73. The van der Waals surface area contributed by atoms with Crippen molar-refractivity contribution < 1.29 is 28.6 Å². The number of esters is 1. The highest BCUT2D eigenvalue weighted by Crippen LogP contribution is 2.27. The van der Waals surface area contributed by atoms with Gasteiger partial charge in [-0.3, -0.25) is 10.1 Å². The van der Waals surface area contributed by atoms with E-state index in [9.17, 15) is 14.4 Å². The number of hydrogen-bond acceptors (Lipinski definition) is 6. The van der Waals surface area contributed by atoms with Gasteiger partial charge in [0, 0.05) is 6.04 Å². The molecule has 1 aliphatic carbocycles. The van der Waals surface area contributed by atoms with Crippen LogP contribution >= 0.6 is 0 Å². The van der Waals surface area contributed by atoms with Gasteiger partial charge in [-0.2, -0.15) is 0 Å². The molecule has 2 N–H and O–H groups in total. The number of hydrogen-bond donors (Lipinski definition) is 2. The Kier molecular flexibility index (Phi) is 6.21. The van der Waals surface area contributed by atoms with Crippen LogP contribution in [-0.2, 0) is 14.3 Å². The Morgan fingerprint density at radius 3 is 2.60 bits per heavy atom. The summed E-state index contributed by atoms with van der Waals surface area (Å²) in [6.07, 6.45) is 0.707. The van der Waals surface area contributed by atoms with Gasteiger partial charge in [0.1, 0.15) is 0 Å². The summed E-state index contributed by atoms with van der Waals surface area (Å²) in [4.78, 5) is 35.1. The quantitative estimate of drug-likeness (QED) is 0.719. The van der Waals surface area contributed by atoms with Crippen molar-refractivity contribution in [2.24, 2.45) is 0 Å². The van der Waals surface area contributed by atoms with Crippen LogP contribution < -0.4 is 20.1 Å². The van der Waals surface area contributed by atoms with Gasteiger partial charge in [-0.25, -0.2) is 9.59 Å². The molecule has 136 valence electrons. The van der Waals surface area contributed by atoms with Crippen LogP contribution in [0.15, 0.2) is 18.2 Å². The van der Waals surface area contributed by atoms with Crippen molar-refractivity contribution in [3.8, 4) is 11.5 Å². The van der Waals surface area contributed by atoms with E-state index in [4.69, 9.17) is 14.2 Å². The second-order valence-electron chi connectivity index (χ2n) is 5.81. The zero-order chi connectivity index (χ0) is 18.4. The summed E-state index contributed by atoms with van der Waals surface area (Å²) in [7, 11) is 1.50. The second kappa shape index (κ2) is 8.36. The van der Waals surface area contributed by atoms with Gasteiger partial charge in [0.2, 0.25) is 0 Å². The van der Waals surface area contributed by atoms with Crippen LogP contribution in [0.1, 0.15) is 25.3 Å². The third-order valence-corrected chi connectivity index (χ3v) is 3.49. The fourth-order valence-corrected chi connectivity index (χ4v) is 1.98. The van der Waals surface area contributed by atoms with E-state index in [0.29, 0.717) is 11.5 Å². The topological polar surface area (TPSA) is 103 Å². The Labute approximate surface area is 145 Å². The van der Waals surface area contributed by atoms with E-state index < -0.39 is 24.0 Å². The van der Waals surface area contributed by atoms with Crippen molar-refractivity contribution in [2.45, 2.75) is 38.8 Å². The number of aryl methyl sites for hydroxylation is 1. The minimum absolute atomic E-state index is 0.128. The Morgan fingerprint density at radius 1 is 1.24 bits per heavy atom. The number of ether oxygens (including phenoxy) is 3. The number of rotatable bonds is 7. The third kappa shape index (κ3) is 5.98. The highest BCUT2D eigenvalue weighted by atomic mass is 16.6. The molecule has 1 atom stereocenters. The van der Waals surface area contributed by atoms with Crippen LogP contribution in [0, 0.1) is 6.92 Å². The molecular weight excluding hydrogens is 328 g/mol. The lowest BCUT2D eigenvalue weighted by atomic mass is 10.2. The Hall–Kier alpha value is -2.77. The number of carbonyl (C=O) groups excluding carboxylic acids is 3. The molecule has 8 nitrogen and oxygen atoms in total. The molecule has 3 amide bonds. The smallest absolute Gasteiger partial charge is 0.344 e. The summed E-state index contributed by atoms with van der Waals surface area (Å²) in [5.74, 6) is -0.534. The van der Waals surface area contributed by atoms with E-state index in [1.54, 1.807) is 12.1 Å². The van der Waals surface area contributed by atoms with Crippen LogP contribution in [0.25, 0.3) is 0 Å². The average molecular weight is 350 g/mol. The van der Waals surface area contributed by atoms with E-state index in [2.05, 4.69) is 10.6 Å². The van der Waals surface area contributed by atoms with Crippen LogP contribution in [0.4, 0.5) is 4.79 Å². The summed E-state index contributed by atoms with van der Waals surface area (Å²) < 4.78 is 15.5. The molecular formula is C17H22N2O6. The van der Waals surface area contributed by atoms with Crippen LogP contribution in [0.5, 0.6) is 11.5 Å². The molecule has 0 spiro atoms. The molecule has 0 saturated heterocycles. The number of imide groups is 1. The van der Waals surface area contributed by atoms with Crippen molar-refractivity contribution in [3.63, 3.8) is 0 Å². The van der Waals surface area contributed by atoms with Crippen molar-refractivity contribution in [2.75, 3.05) is 13.7 Å². The highest BCUT2D eigenvalue weighted by Gasteiger charge is 2.26. The van der Waals surface area contributed by atoms with E-state index in [-0.39, 0.29) is 12.6 Å². The molecule has 1 unspecified atom stereocenters. The summed E-state index contributed by atoms with van der Waals surface area (Å²) in [6.45, 7) is 2.90. The molecule has 1 aromatic carbocycles. The van der Waals surface area contributed by atoms with Crippen molar-refractivity contribution in [3.05, 3.63) is 23.8 Å². The Balaban J connectivity index is 1.76. The fraction of sp³-hybridized carbons (Fsp3) is 0.471. The molecule has 25 heavy (non-hydrogen) atoms. The third-order valence-electron chi connectivity index (χ3n) is 3.49. The largest absolute Gasteiger partial charge is 0.493 e. The maximum atomic E-state index is 11.8. The van der Waals surface area contributed by atoms with Crippen molar-refractivity contribution >= 4 is 17.9 Å². The van der Waals surface area contributed by atoms with E-state index >= 15 is 0 Å². The van der Waals surface area contributed by atoms with Gasteiger partial charge in [-0.05, 0) is 44.4 Å². The zero-order valence-corrected chi connectivity index (χ0v) is 14.5. The van der Waals surface area contributed by atoms with Crippen molar-refractivity contribution in [1.29, 1.82) is 0 Å². The number of benzene rings is 1. The number of nitrogens with one attached hydrogen (secondary N) is 2. The molecule has 0 radical (unpaired) electrons. The maximum Gasteiger partial charge on any atom is 0.344 e. The van der Waals surface area contributed by atoms with Crippen LogP contribution in [0.2, 0.25) is 0 Å². The van der Waals surface area contributed by atoms with Crippen molar-refractivity contribution in [1.82, 2.24) is 10.6 Å². The summed E-state index contributed by atoms with van der Waals surface area (Å²) in [6, 6.07) is 4.81. The van der Waals surface area contributed by atoms with Gasteiger partial charge in [0.25, 0.3) is 5.91 Å². The van der Waals surface area contributed by atoms with Gasteiger partial charge in [0.15, 0.2) is 24.2 Å². The lowest BCUT2D eigenvalue weighted by molar-refractivity contribution is -0.156. The second-order valence-corrected chi connectivity index (χ2v) is 5.81. The average Bonchev–Trinajstić information content (AvgIpc) is 3.37. The van der Waals surface area contributed by atoms with Gasteiger partial charge >= 0.3 is 12.0 Å². The lowest BCUT2D eigenvalue weighted by Gasteiger charge is -2.14. The number of urea groups is 1. The SMILES string of the molecule is COc1cc(C)ccc1OCC(=O)OC(C)C(=O)NC(=O)NC1CC1. The Morgan fingerprint density at radius 2 is 1.96 bits per heavy atom. The molecule has 0 aromatic heterocycles. The first-order valence-corrected chi connectivity index (χ1v) is 7.97. The number of methoxy groups -OCH3 is 1. The first kappa shape index (κ1) is 18.6. The first-order valence-electron chi connectivity index (χ1n) is 7.97. The number of amides is 3. The molecule has 1 aromatic rings. The molecule has 0 aliphatic heterocycles. The zero-order valence-electron chi connectivity index (χ0n) is 14.5. The molecule has 2 rings (SSSR count). The number of carbonyl (C=O) groups is 3. The van der Waals surface area contributed by atoms with Crippen LogP contribution in [0.3, 0.4) is 0 Å².